The van der Waals surface area contributed by atoms with Crippen LogP contribution in [-0.2, 0) is 25.8 Å². The summed E-state index contributed by atoms with van der Waals surface area (Å²) in [6.07, 6.45) is 2.33. The summed E-state index contributed by atoms with van der Waals surface area (Å²) in [7, 11) is 0. The smallest absolute Gasteiger partial charge is 0.335 e. The highest BCUT2D eigenvalue weighted by atomic mass is 16.4. The maximum atomic E-state index is 12.6. The van der Waals surface area contributed by atoms with Gasteiger partial charge < -0.3 is 15.3 Å². The van der Waals surface area contributed by atoms with Crippen molar-refractivity contribution in [2.24, 2.45) is 0 Å². The number of nitrogens with one attached hydrogen (secondary N) is 1. The largest absolute Gasteiger partial charge is 0.478 e. The van der Waals surface area contributed by atoms with Crippen LogP contribution in [0.15, 0.2) is 42.5 Å². The first-order chi connectivity index (χ1) is 12.1. The third-order valence-electron chi connectivity index (χ3n) is 5.13. The fourth-order valence-corrected chi connectivity index (χ4v) is 3.79. The Hall–Kier alpha value is -2.82. The molecule has 0 saturated carbocycles. The fraction of sp³-hybridized carbons (Fsp3) is 0.300. The number of carbonyl (C=O) groups is 2. The molecule has 0 spiro atoms. The number of benzene rings is 2. The molecule has 0 bridgehead atoms. The number of hydrogen-bond donors (Lipinski definition) is 2. The maximum Gasteiger partial charge on any atom is 0.335 e. The second kappa shape index (κ2) is 6.24. The van der Waals surface area contributed by atoms with Crippen LogP contribution in [0.4, 0.5) is 4.79 Å². The number of urea groups is 1. The number of fused-ring (bicyclic) bond motifs is 2. The van der Waals surface area contributed by atoms with Crippen molar-refractivity contribution in [3.63, 3.8) is 0 Å². The van der Waals surface area contributed by atoms with Crippen LogP contribution in [0.3, 0.4) is 0 Å². The molecule has 128 valence electrons. The lowest BCUT2D eigenvalue weighted by molar-refractivity contribution is 0.0696. The van der Waals surface area contributed by atoms with Crippen LogP contribution in [0, 0.1) is 0 Å². The second-order valence-corrected chi connectivity index (χ2v) is 6.78. The van der Waals surface area contributed by atoms with Crippen molar-refractivity contribution < 1.29 is 14.7 Å². The lowest BCUT2D eigenvalue weighted by atomic mass is 10.0. The van der Waals surface area contributed by atoms with E-state index in [0.717, 1.165) is 30.5 Å². The van der Waals surface area contributed by atoms with Gasteiger partial charge in [-0.05, 0) is 53.6 Å². The number of amides is 2. The first-order valence-electron chi connectivity index (χ1n) is 8.57. The standard InChI is InChI=1S/C20H20N2O3/c23-19(24)15-6-5-14-10-18(11-17(14)9-15)21-20(25)22-8-7-13-3-1-2-4-16(13)12-22/h1-6,9,18H,7-8,10-12H2,(H,21,25)(H,23,24). The molecule has 0 aromatic heterocycles. The lowest BCUT2D eigenvalue weighted by Gasteiger charge is -2.30. The Labute approximate surface area is 146 Å². The molecule has 0 radical (unpaired) electrons. The Bertz CT molecular complexity index is 847. The molecule has 1 aliphatic carbocycles. The third kappa shape index (κ3) is 3.09. The van der Waals surface area contributed by atoms with Crippen molar-refractivity contribution in [3.05, 3.63) is 70.3 Å². The van der Waals surface area contributed by atoms with Gasteiger partial charge in [-0.3, -0.25) is 0 Å². The molecule has 1 heterocycles. The molecule has 2 aromatic rings. The van der Waals surface area contributed by atoms with Crippen LogP contribution >= 0.6 is 0 Å². The summed E-state index contributed by atoms with van der Waals surface area (Å²) in [6, 6.07) is 13.5. The number of rotatable bonds is 2. The van der Waals surface area contributed by atoms with E-state index in [-0.39, 0.29) is 12.1 Å². The normalized spacial score (nSPS) is 18.4. The molecule has 25 heavy (non-hydrogen) atoms. The van der Waals surface area contributed by atoms with E-state index in [4.69, 9.17) is 5.11 Å². The van der Waals surface area contributed by atoms with Crippen LogP contribution in [0.25, 0.3) is 0 Å². The van der Waals surface area contributed by atoms with E-state index >= 15 is 0 Å². The van der Waals surface area contributed by atoms with Crippen molar-refractivity contribution in [1.82, 2.24) is 10.2 Å². The molecular weight excluding hydrogens is 316 g/mol. The van der Waals surface area contributed by atoms with Crippen molar-refractivity contribution in [1.29, 1.82) is 0 Å². The van der Waals surface area contributed by atoms with Gasteiger partial charge >= 0.3 is 12.0 Å². The molecule has 1 unspecified atom stereocenters. The molecule has 1 aliphatic heterocycles. The minimum atomic E-state index is -0.915. The Morgan fingerprint density at radius 1 is 1.00 bits per heavy atom. The number of carboxylic acids is 1. The second-order valence-electron chi connectivity index (χ2n) is 6.78. The number of carbonyl (C=O) groups excluding carboxylic acids is 1. The molecular formula is C20H20N2O3. The van der Waals surface area contributed by atoms with Gasteiger partial charge in [0.15, 0.2) is 0 Å². The summed E-state index contributed by atoms with van der Waals surface area (Å²) >= 11 is 0. The third-order valence-corrected chi connectivity index (χ3v) is 5.13. The van der Waals surface area contributed by atoms with Gasteiger partial charge in [0.1, 0.15) is 0 Å². The summed E-state index contributed by atoms with van der Waals surface area (Å²) in [6.45, 7) is 1.37. The summed E-state index contributed by atoms with van der Waals surface area (Å²) in [5.74, 6) is -0.915. The maximum absolute atomic E-state index is 12.6. The van der Waals surface area contributed by atoms with Gasteiger partial charge in [0, 0.05) is 19.1 Å². The zero-order valence-electron chi connectivity index (χ0n) is 13.9. The van der Waals surface area contributed by atoms with Gasteiger partial charge in [0.25, 0.3) is 0 Å². The van der Waals surface area contributed by atoms with Crippen molar-refractivity contribution in [3.8, 4) is 0 Å². The van der Waals surface area contributed by atoms with Gasteiger partial charge in [-0.15, -0.1) is 0 Å². The average molecular weight is 336 g/mol. The van der Waals surface area contributed by atoms with Gasteiger partial charge in [0.05, 0.1) is 5.56 Å². The Morgan fingerprint density at radius 3 is 2.56 bits per heavy atom. The van der Waals surface area contributed by atoms with Crippen LogP contribution in [0.5, 0.6) is 0 Å². The number of nitrogens with zero attached hydrogens (tertiary/aromatic N) is 1. The molecule has 0 fully saturated rings. The predicted octanol–water partition coefficient (Wildman–Crippen LogP) is 2.62. The first-order valence-corrected chi connectivity index (χ1v) is 8.57. The Balaban J connectivity index is 1.40. The SMILES string of the molecule is O=C(O)c1ccc2c(c1)CC(NC(=O)N1CCc3ccccc3C1)C2. The molecule has 4 rings (SSSR count). The highest BCUT2D eigenvalue weighted by Gasteiger charge is 2.27. The molecule has 2 amide bonds. The van der Waals surface area contributed by atoms with Gasteiger partial charge in [-0.2, -0.15) is 0 Å². The van der Waals surface area contributed by atoms with Gasteiger partial charge in [-0.1, -0.05) is 30.3 Å². The first kappa shape index (κ1) is 15.7. The van der Waals surface area contributed by atoms with E-state index in [1.165, 1.54) is 11.1 Å². The van der Waals surface area contributed by atoms with Crippen LogP contribution < -0.4 is 5.32 Å². The minimum absolute atomic E-state index is 0.0312. The molecule has 2 aromatic carbocycles. The van der Waals surface area contributed by atoms with E-state index < -0.39 is 5.97 Å². The van der Waals surface area contributed by atoms with Crippen LogP contribution in [-0.4, -0.2) is 34.6 Å². The summed E-state index contributed by atoms with van der Waals surface area (Å²) < 4.78 is 0. The number of carboxylic acid groups (broad SMARTS) is 1. The van der Waals surface area contributed by atoms with Crippen molar-refractivity contribution >= 4 is 12.0 Å². The topological polar surface area (TPSA) is 69.6 Å². The monoisotopic (exact) mass is 336 g/mol. The molecule has 5 heteroatoms. The van der Waals surface area contributed by atoms with Gasteiger partial charge in [0.2, 0.25) is 0 Å². The summed E-state index contributed by atoms with van der Waals surface area (Å²) in [4.78, 5) is 25.6. The van der Waals surface area contributed by atoms with E-state index in [2.05, 4.69) is 17.4 Å². The van der Waals surface area contributed by atoms with Crippen LogP contribution in [0.1, 0.15) is 32.6 Å². The van der Waals surface area contributed by atoms with E-state index in [1.807, 2.05) is 23.1 Å². The molecule has 0 saturated heterocycles. The average Bonchev–Trinajstić information content (AvgIpc) is 3.02. The number of aromatic carboxylic acids is 1. The molecule has 2 N–H and O–H groups in total. The number of hydrogen-bond acceptors (Lipinski definition) is 2. The van der Waals surface area contributed by atoms with E-state index in [9.17, 15) is 9.59 Å². The highest BCUT2D eigenvalue weighted by molar-refractivity contribution is 5.88. The predicted molar refractivity (Wildman–Crippen MR) is 93.7 cm³/mol. The van der Waals surface area contributed by atoms with Crippen molar-refractivity contribution in [2.45, 2.75) is 31.8 Å². The van der Waals surface area contributed by atoms with E-state index in [1.54, 1.807) is 12.1 Å². The zero-order valence-corrected chi connectivity index (χ0v) is 13.9. The van der Waals surface area contributed by atoms with Crippen molar-refractivity contribution in [2.75, 3.05) is 6.54 Å². The molecule has 1 atom stereocenters. The van der Waals surface area contributed by atoms with E-state index in [0.29, 0.717) is 18.5 Å². The minimum Gasteiger partial charge on any atom is -0.478 e. The van der Waals surface area contributed by atoms with Gasteiger partial charge in [-0.25, -0.2) is 9.59 Å². The lowest BCUT2D eigenvalue weighted by Crippen LogP contribution is -2.47. The molecule has 5 nitrogen and oxygen atoms in total. The quantitative estimate of drug-likeness (QED) is 0.886. The Kier molecular flexibility index (Phi) is 3.92. The highest BCUT2D eigenvalue weighted by Crippen LogP contribution is 2.24. The summed E-state index contributed by atoms with van der Waals surface area (Å²) in [5, 5.41) is 12.2. The van der Waals surface area contributed by atoms with Crippen LogP contribution in [0.2, 0.25) is 0 Å². The summed E-state index contributed by atoms with van der Waals surface area (Å²) in [5.41, 5.74) is 4.98. The Morgan fingerprint density at radius 2 is 1.76 bits per heavy atom. The zero-order chi connectivity index (χ0) is 17.4. The fourth-order valence-electron chi connectivity index (χ4n) is 3.79. The molecule has 2 aliphatic rings.